The molecule has 6 nitrogen and oxygen atoms in total. The van der Waals surface area contributed by atoms with Gasteiger partial charge in [0.2, 0.25) is 0 Å². The van der Waals surface area contributed by atoms with Gasteiger partial charge in [0.05, 0.1) is 12.2 Å². The molecule has 0 saturated carbocycles. The molecule has 0 atom stereocenters. The van der Waals surface area contributed by atoms with Crippen molar-refractivity contribution in [2.75, 3.05) is 6.61 Å². The first-order chi connectivity index (χ1) is 10.6. The number of pyridine rings is 1. The van der Waals surface area contributed by atoms with Crippen molar-refractivity contribution in [2.24, 2.45) is 0 Å². The van der Waals surface area contributed by atoms with E-state index in [2.05, 4.69) is 4.98 Å². The molecule has 0 aliphatic carbocycles. The summed E-state index contributed by atoms with van der Waals surface area (Å²) in [6, 6.07) is 11.1. The number of esters is 1. The molecule has 0 spiro atoms. The van der Waals surface area contributed by atoms with Crippen LogP contribution >= 0.6 is 0 Å². The largest absolute Gasteiger partial charge is 0.461 e. The van der Waals surface area contributed by atoms with Crippen LogP contribution in [0, 0.1) is 11.3 Å². The van der Waals surface area contributed by atoms with Crippen molar-refractivity contribution in [2.45, 2.75) is 6.92 Å². The highest BCUT2D eigenvalue weighted by Gasteiger charge is 2.22. The number of nitriles is 1. The van der Waals surface area contributed by atoms with E-state index in [1.54, 1.807) is 43.3 Å². The van der Waals surface area contributed by atoms with E-state index in [0.717, 1.165) is 6.07 Å². The van der Waals surface area contributed by atoms with Gasteiger partial charge >= 0.3 is 5.97 Å². The molecule has 2 rings (SSSR count). The van der Waals surface area contributed by atoms with Crippen LogP contribution in [0.1, 0.15) is 38.9 Å². The predicted octanol–water partition coefficient (Wildman–Crippen LogP) is 1.65. The Kier molecular flexibility index (Phi) is 4.49. The second-order valence-electron chi connectivity index (χ2n) is 4.33. The van der Waals surface area contributed by atoms with Crippen molar-refractivity contribution >= 4 is 11.8 Å². The van der Waals surface area contributed by atoms with E-state index in [0.29, 0.717) is 5.56 Å². The van der Waals surface area contributed by atoms with Gasteiger partial charge in [-0.05, 0) is 13.0 Å². The monoisotopic (exact) mass is 296 g/mol. The first-order valence-corrected chi connectivity index (χ1v) is 6.52. The molecule has 0 aliphatic rings. The summed E-state index contributed by atoms with van der Waals surface area (Å²) < 4.78 is 4.84. The molecule has 2 aromatic rings. The number of aromatic amines is 1. The van der Waals surface area contributed by atoms with Crippen LogP contribution in [0.2, 0.25) is 0 Å². The summed E-state index contributed by atoms with van der Waals surface area (Å²) in [4.78, 5) is 38.4. The fraction of sp³-hybridized carbons (Fsp3) is 0.125. The lowest BCUT2D eigenvalue weighted by atomic mass is 10.0. The number of nitrogens with one attached hydrogen (secondary N) is 1. The number of ether oxygens (including phenoxy) is 1. The van der Waals surface area contributed by atoms with Crippen LogP contribution in [0.15, 0.2) is 41.2 Å². The van der Waals surface area contributed by atoms with Gasteiger partial charge in [-0.1, -0.05) is 30.3 Å². The van der Waals surface area contributed by atoms with E-state index in [1.807, 2.05) is 0 Å². The highest BCUT2D eigenvalue weighted by Crippen LogP contribution is 2.14. The number of hydrogen-bond acceptors (Lipinski definition) is 5. The fourth-order valence-electron chi connectivity index (χ4n) is 1.90. The molecule has 110 valence electrons. The summed E-state index contributed by atoms with van der Waals surface area (Å²) in [5.41, 5.74) is -0.966. The van der Waals surface area contributed by atoms with Crippen LogP contribution in [0.5, 0.6) is 0 Å². The van der Waals surface area contributed by atoms with Crippen LogP contribution in [-0.2, 0) is 4.74 Å². The molecule has 0 saturated heterocycles. The molecule has 1 heterocycles. The zero-order valence-electron chi connectivity index (χ0n) is 11.8. The molecular formula is C16H12N2O4. The molecule has 0 unspecified atom stereocenters. The number of hydrogen-bond donors (Lipinski definition) is 1. The van der Waals surface area contributed by atoms with Crippen LogP contribution < -0.4 is 5.56 Å². The van der Waals surface area contributed by atoms with Crippen LogP contribution in [0.4, 0.5) is 0 Å². The second-order valence-corrected chi connectivity index (χ2v) is 4.33. The van der Waals surface area contributed by atoms with E-state index in [9.17, 15) is 14.4 Å². The summed E-state index contributed by atoms with van der Waals surface area (Å²) in [7, 11) is 0. The summed E-state index contributed by atoms with van der Waals surface area (Å²) >= 11 is 0. The minimum atomic E-state index is -0.816. The molecule has 1 aromatic heterocycles. The molecular weight excluding hydrogens is 284 g/mol. The van der Waals surface area contributed by atoms with Gasteiger partial charge < -0.3 is 9.72 Å². The van der Waals surface area contributed by atoms with Crippen molar-refractivity contribution in [1.29, 1.82) is 5.26 Å². The number of benzene rings is 1. The Labute approximate surface area is 126 Å². The van der Waals surface area contributed by atoms with Gasteiger partial charge in [-0.2, -0.15) is 5.26 Å². The maximum absolute atomic E-state index is 12.5. The van der Waals surface area contributed by atoms with Gasteiger partial charge in [-0.3, -0.25) is 9.59 Å². The average Bonchev–Trinajstić information content (AvgIpc) is 2.55. The third-order valence-electron chi connectivity index (χ3n) is 2.92. The number of H-pyrrole nitrogens is 1. The zero-order valence-corrected chi connectivity index (χ0v) is 11.8. The number of rotatable bonds is 4. The number of aromatic nitrogens is 1. The maximum Gasteiger partial charge on any atom is 0.355 e. The Morgan fingerprint density at radius 2 is 1.95 bits per heavy atom. The number of carbonyl (C=O) groups excluding carboxylic acids is 2. The number of ketones is 1. The van der Waals surface area contributed by atoms with Gasteiger partial charge in [0.25, 0.3) is 5.56 Å². The Bertz CT molecular complexity index is 816. The van der Waals surface area contributed by atoms with Crippen molar-refractivity contribution < 1.29 is 14.3 Å². The highest BCUT2D eigenvalue weighted by molar-refractivity contribution is 6.13. The normalized spacial score (nSPS) is 9.82. The van der Waals surface area contributed by atoms with Gasteiger partial charge in [0, 0.05) is 5.56 Å². The standard InChI is InChI=1S/C16H12N2O4/c1-2-22-16(21)13-12(8-11(9-17)15(20)18-13)14(19)10-6-4-3-5-7-10/h3-8H,2H2,1H3,(H,18,20). The fourth-order valence-corrected chi connectivity index (χ4v) is 1.90. The second kappa shape index (κ2) is 6.50. The first kappa shape index (κ1) is 15.2. The van der Waals surface area contributed by atoms with E-state index in [4.69, 9.17) is 10.00 Å². The molecule has 22 heavy (non-hydrogen) atoms. The minimum absolute atomic E-state index is 0.0687. The summed E-state index contributed by atoms with van der Waals surface area (Å²) in [6.07, 6.45) is 0. The SMILES string of the molecule is CCOC(=O)c1[nH]c(=O)c(C#N)cc1C(=O)c1ccccc1. The molecule has 0 fully saturated rings. The molecule has 0 aliphatic heterocycles. The summed E-state index contributed by atoms with van der Waals surface area (Å²) in [6.45, 7) is 1.71. The lowest BCUT2D eigenvalue weighted by Crippen LogP contribution is -2.22. The Balaban J connectivity index is 2.62. The molecule has 0 bridgehead atoms. The topological polar surface area (TPSA) is 100 Å². The number of nitrogens with zero attached hydrogens (tertiary/aromatic N) is 1. The summed E-state index contributed by atoms with van der Waals surface area (Å²) in [5, 5.41) is 8.93. The quantitative estimate of drug-likeness (QED) is 0.683. The third kappa shape index (κ3) is 2.94. The Morgan fingerprint density at radius 3 is 2.55 bits per heavy atom. The molecule has 1 N–H and O–H groups in total. The molecule has 0 amide bonds. The Morgan fingerprint density at radius 1 is 1.27 bits per heavy atom. The predicted molar refractivity (Wildman–Crippen MR) is 77.6 cm³/mol. The van der Waals surface area contributed by atoms with Gasteiger partial charge in [0.15, 0.2) is 5.78 Å². The molecule has 0 radical (unpaired) electrons. The Hall–Kier alpha value is -3.20. The van der Waals surface area contributed by atoms with Crippen molar-refractivity contribution in [1.82, 2.24) is 4.98 Å². The minimum Gasteiger partial charge on any atom is -0.461 e. The number of carbonyl (C=O) groups is 2. The van der Waals surface area contributed by atoms with E-state index < -0.39 is 17.3 Å². The van der Waals surface area contributed by atoms with Crippen LogP contribution in [0.3, 0.4) is 0 Å². The van der Waals surface area contributed by atoms with E-state index >= 15 is 0 Å². The van der Waals surface area contributed by atoms with Gasteiger partial charge in [-0.15, -0.1) is 0 Å². The molecule has 1 aromatic carbocycles. The third-order valence-corrected chi connectivity index (χ3v) is 2.92. The zero-order chi connectivity index (χ0) is 16.1. The van der Waals surface area contributed by atoms with Crippen molar-refractivity contribution in [3.63, 3.8) is 0 Å². The molecule has 6 heteroatoms. The van der Waals surface area contributed by atoms with Crippen molar-refractivity contribution in [3.05, 3.63) is 69.1 Å². The smallest absolute Gasteiger partial charge is 0.355 e. The average molecular weight is 296 g/mol. The van der Waals surface area contributed by atoms with Gasteiger partial charge in [-0.25, -0.2) is 4.79 Å². The summed E-state index contributed by atoms with van der Waals surface area (Å²) in [5.74, 6) is -1.29. The van der Waals surface area contributed by atoms with E-state index in [1.165, 1.54) is 0 Å². The lowest BCUT2D eigenvalue weighted by molar-refractivity contribution is 0.0516. The maximum atomic E-state index is 12.5. The van der Waals surface area contributed by atoms with Crippen LogP contribution in [-0.4, -0.2) is 23.3 Å². The first-order valence-electron chi connectivity index (χ1n) is 6.52. The van der Waals surface area contributed by atoms with E-state index in [-0.39, 0.29) is 23.4 Å². The highest BCUT2D eigenvalue weighted by atomic mass is 16.5. The van der Waals surface area contributed by atoms with Crippen LogP contribution in [0.25, 0.3) is 0 Å². The van der Waals surface area contributed by atoms with Gasteiger partial charge in [0.1, 0.15) is 17.3 Å². The van der Waals surface area contributed by atoms with Crippen molar-refractivity contribution in [3.8, 4) is 6.07 Å². The lowest BCUT2D eigenvalue weighted by Gasteiger charge is -2.08.